The van der Waals surface area contributed by atoms with Crippen molar-refractivity contribution in [2.75, 3.05) is 5.32 Å². The van der Waals surface area contributed by atoms with E-state index in [1.807, 2.05) is 24.3 Å². The van der Waals surface area contributed by atoms with Crippen LogP contribution in [0.1, 0.15) is 25.8 Å². The number of carbonyl (C=O) groups is 1. The minimum Gasteiger partial charge on any atom is -0.299 e. The van der Waals surface area contributed by atoms with E-state index >= 15 is 0 Å². The molecule has 0 aliphatic rings. The summed E-state index contributed by atoms with van der Waals surface area (Å²) in [4.78, 5) is 12.4. The van der Waals surface area contributed by atoms with E-state index in [1.54, 1.807) is 13.8 Å². The highest BCUT2D eigenvalue weighted by Gasteiger charge is 2.34. The second-order valence-electron chi connectivity index (χ2n) is 7.42. The first-order valence-corrected chi connectivity index (χ1v) is 13.1. The minimum absolute atomic E-state index is 0.162. The van der Waals surface area contributed by atoms with Crippen molar-refractivity contribution >= 4 is 48.3 Å². The highest BCUT2D eigenvalue weighted by atomic mass is 79.9. The molecule has 0 saturated carbocycles. The van der Waals surface area contributed by atoms with E-state index in [-0.39, 0.29) is 5.13 Å². The van der Waals surface area contributed by atoms with Gasteiger partial charge in [-0.3, -0.25) is 10.1 Å². The summed E-state index contributed by atoms with van der Waals surface area (Å²) >= 11 is 4.45. The summed E-state index contributed by atoms with van der Waals surface area (Å²) in [5.41, 5.74) is -0.320. The Labute approximate surface area is 207 Å². The van der Waals surface area contributed by atoms with Gasteiger partial charge >= 0.3 is 6.18 Å². The number of sulfonamides is 1. The third-order valence-corrected chi connectivity index (χ3v) is 7.85. The number of carbonyl (C=O) groups excluding carboxylic acids is 1. The van der Waals surface area contributed by atoms with E-state index < -0.39 is 44.5 Å². The van der Waals surface area contributed by atoms with E-state index in [0.717, 1.165) is 39.6 Å². The lowest BCUT2D eigenvalue weighted by Crippen LogP contribution is -2.47. The quantitative estimate of drug-likeness (QED) is 0.378. The van der Waals surface area contributed by atoms with Crippen LogP contribution in [0.25, 0.3) is 10.6 Å². The van der Waals surface area contributed by atoms with Gasteiger partial charge in [-0.25, -0.2) is 8.42 Å². The van der Waals surface area contributed by atoms with Gasteiger partial charge in [0, 0.05) is 10.0 Å². The smallest absolute Gasteiger partial charge is 0.299 e. The summed E-state index contributed by atoms with van der Waals surface area (Å²) in [6, 6.07) is 9.40. The predicted octanol–water partition coefficient (Wildman–Crippen LogP) is 5.32. The molecule has 3 rings (SSSR count). The van der Waals surface area contributed by atoms with Gasteiger partial charge in [0.1, 0.15) is 11.0 Å². The van der Waals surface area contributed by atoms with Crippen molar-refractivity contribution < 1.29 is 26.4 Å². The monoisotopic (exact) mass is 576 g/mol. The molecule has 2 aromatic carbocycles. The number of anilines is 1. The van der Waals surface area contributed by atoms with Gasteiger partial charge in [-0.15, -0.1) is 10.2 Å². The second-order valence-corrected chi connectivity index (χ2v) is 11.0. The van der Waals surface area contributed by atoms with Crippen molar-refractivity contribution in [3.05, 3.63) is 58.6 Å². The lowest BCUT2D eigenvalue weighted by atomic mass is 9.99. The zero-order valence-electron chi connectivity index (χ0n) is 17.9. The summed E-state index contributed by atoms with van der Waals surface area (Å²) in [6.45, 7) is 3.42. The van der Waals surface area contributed by atoms with Crippen molar-refractivity contribution in [3.8, 4) is 10.6 Å². The lowest BCUT2D eigenvalue weighted by Gasteiger charge is -2.23. The minimum atomic E-state index is -4.70. The number of nitrogens with one attached hydrogen (secondary N) is 2. The van der Waals surface area contributed by atoms with Crippen LogP contribution < -0.4 is 10.0 Å². The molecule has 1 amide bonds. The molecule has 0 radical (unpaired) electrons. The maximum atomic E-state index is 13.0. The Morgan fingerprint density at radius 2 is 1.82 bits per heavy atom. The summed E-state index contributed by atoms with van der Waals surface area (Å²) in [5, 5.41) is 11.2. The molecule has 0 aliphatic carbocycles. The molecule has 0 aliphatic heterocycles. The second kappa shape index (κ2) is 10.5. The molecule has 0 spiro atoms. The van der Waals surface area contributed by atoms with Crippen molar-refractivity contribution in [2.24, 2.45) is 5.92 Å². The van der Waals surface area contributed by atoms with Gasteiger partial charge in [0.05, 0.1) is 10.5 Å². The number of aromatic nitrogens is 2. The summed E-state index contributed by atoms with van der Waals surface area (Å²) < 4.78 is 67.9. The highest BCUT2D eigenvalue weighted by Crippen LogP contribution is 2.31. The Morgan fingerprint density at radius 3 is 2.44 bits per heavy atom. The number of nitrogens with zero attached hydrogens (tertiary/aromatic N) is 2. The number of benzene rings is 2. The number of hydrogen-bond donors (Lipinski definition) is 2. The first kappa shape index (κ1) is 26.3. The number of amides is 1. The van der Waals surface area contributed by atoms with Gasteiger partial charge in [-0.05, 0) is 36.2 Å². The summed E-state index contributed by atoms with van der Waals surface area (Å²) in [5.74, 6) is -1.15. The van der Waals surface area contributed by atoms with Crippen LogP contribution >= 0.6 is 27.3 Å². The van der Waals surface area contributed by atoms with Crippen LogP contribution in [0.3, 0.4) is 0 Å². The Hall–Kier alpha value is -2.35. The Kier molecular flexibility index (Phi) is 8.11. The zero-order chi connectivity index (χ0) is 25.1. The largest absolute Gasteiger partial charge is 0.416 e. The predicted molar refractivity (Wildman–Crippen MR) is 127 cm³/mol. The Balaban J connectivity index is 1.81. The van der Waals surface area contributed by atoms with E-state index in [9.17, 15) is 26.4 Å². The zero-order valence-corrected chi connectivity index (χ0v) is 21.1. The van der Waals surface area contributed by atoms with Gasteiger partial charge in [0.2, 0.25) is 21.1 Å². The Morgan fingerprint density at radius 1 is 1.15 bits per heavy atom. The molecule has 0 saturated heterocycles. The number of hydrogen-bond acceptors (Lipinski definition) is 6. The fraction of sp³-hybridized carbons (Fsp3) is 0.286. The fourth-order valence-corrected chi connectivity index (χ4v) is 5.27. The average molecular weight is 577 g/mol. The van der Waals surface area contributed by atoms with E-state index in [4.69, 9.17) is 0 Å². The molecule has 0 bridgehead atoms. The van der Waals surface area contributed by atoms with Gasteiger partial charge in [-0.2, -0.15) is 17.9 Å². The van der Waals surface area contributed by atoms with Crippen molar-refractivity contribution in [1.82, 2.24) is 14.9 Å². The normalized spacial score (nSPS) is 13.9. The number of rotatable bonds is 8. The molecular formula is C21H20BrF3N4O3S2. The van der Waals surface area contributed by atoms with Gasteiger partial charge in [0.25, 0.3) is 0 Å². The third-order valence-electron chi connectivity index (χ3n) is 5.00. The Bertz CT molecular complexity index is 1260. The summed E-state index contributed by atoms with van der Waals surface area (Å²) in [7, 11) is -4.42. The molecule has 2 atom stereocenters. The molecule has 2 N–H and O–H groups in total. The molecule has 7 nitrogen and oxygen atoms in total. The van der Waals surface area contributed by atoms with Crippen LogP contribution in [0.2, 0.25) is 0 Å². The highest BCUT2D eigenvalue weighted by molar-refractivity contribution is 9.10. The SMILES string of the molecule is CCC(C)C(NS(=O)(=O)c1cccc(C(F)(F)F)c1)C(=O)Nc1nnc(-c2ccc(Br)cc2)s1. The maximum Gasteiger partial charge on any atom is 0.416 e. The van der Waals surface area contributed by atoms with Crippen LogP contribution in [-0.4, -0.2) is 30.6 Å². The first-order valence-electron chi connectivity index (χ1n) is 10.0. The van der Waals surface area contributed by atoms with Crippen LogP contribution in [0.4, 0.5) is 18.3 Å². The van der Waals surface area contributed by atoms with E-state index in [1.165, 1.54) is 0 Å². The molecule has 0 fully saturated rings. The van der Waals surface area contributed by atoms with Gasteiger partial charge < -0.3 is 0 Å². The maximum absolute atomic E-state index is 13.0. The van der Waals surface area contributed by atoms with E-state index in [0.29, 0.717) is 17.5 Å². The molecule has 1 heterocycles. The first-order chi connectivity index (χ1) is 15.9. The van der Waals surface area contributed by atoms with Crippen LogP contribution in [-0.2, 0) is 21.0 Å². The van der Waals surface area contributed by atoms with Crippen LogP contribution in [0.5, 0.6) is 0 Å². The molecular weight excluding hydrogens is 557 g/mol. The van der Waals surface area contributed by atoms with Gasteiger partial charge in [-0.1, -0.05) is 65.7 Å². The van der Waals surface area contributed by atoms with Crippen molar-refractivity contribution in [2.45, 2.75) is 37.4 Å². The van der Waals surface area contributed by atoms with Crippen molar-refractivity contribution in [1.29, 1.82) is 0 Å². The molecule has 13 heteroatoms. The van der Waals surface area contributed by atoms with Gasteiger partial charge in [0.15, 0.2) is 0 Å². The third kappa shape index (κ3) is 6.40. The topological polar surface area (TPSA) is 101 Å². The molecule has 3 aromatic rings. The molecule has 2 unspecified atom stereocenters. The standard InChI is InChI=1S/C21H20BrF3N4O3S2/c1-3-12(2)17(29-34(31,32)16-6-4-5-14(11-16)21(23,24)25)18(30)26-20-28-27-19(33-20)13-7-9-15(22)10-8-13/h4-12,17,29H,3H2,1-2H3,(H,26,28,30). The molecule has 1 aromatic heterocycles. The molecule has 182 valence electrons. The summed E-state index contributed by atoms with van der Waals surface area (Å²) in [6.07, 6.45) is -4.27. The van der Waals surface area contributed by atoms with E-state index in [2.05, 4.69) is 36.2 Å². The van der Waals surface area contributed by atoms with Crippen molar-refractivity contribution in [3.63, 3.8) is 0 Å². The van der Waals surface area contributed by atoms with Crippen LogP contribution in [0, 0.1) is 5.92 Å². The fourth-order valence-electron chi connectivity index (χ4n) is 2.90. The van der Waals surface area contributed by atoms with Crippen LogP contribution in [0.15, 0.2) is 57.9 Å². The molecule has 34 heavy (non-hydrogen) atoms. The number of alkyl halides is 3. The average Bonchev–Trinajstić information content (AvgIpc) is 3.25. The lowest BCUT2D eigenvalue weighted by molar-refractivity contribution is -0.137. The number of halogens is 4.